The van der Waals surface area contributed by atoms with E-state index in [-0.39, 0.29) is 18.7 Å². The van der Waals surface area contributed by atoms with Crippen LogP contribution >= 0.6 is 0 Å². The minimum Gasteiger partial charge on any atom is -0.481 e. The van der Waals surface area contributed by atoms with E-state index in [1.165, 1.54) is 0 Å². The molecular formula is C11H17NO5. The molecular weight excluding hydrogens is 226 g/mol. The van der Waals surface area contributed by atoms with Crippen molar-refractivity contribution in [1.29, 1.82) is 0 Å². The first kappa shape index (κ1) is 13.5. The Labute approximate surface area is 99.0 Å². The summed E-state index contributed by atoms with van der Waals surface area (Å²) in [4.78, 5) is 32.6. The SMILES string of the molecule is O=C(O)CC[C@H](NC(=O)CC1CCC1)C(=O)O. The van der Waals surface area contributed by atoms with E-state index in [1.54, 1.807) is 0 Å². The normalized spacial score (nSPS) is 16.9. The quantitative estimate of drug-likeness (QED) is 0.607. The van der Waals surface area contributed by atoms with Gasteiger partial charge in [0.15, 0.2) is 0 Å². The summed E-state index contributed by atoms with van der Waals surface area (Å²) in [5.74, 6) is -2.19. The van der Waals surface area contributed by atoms with Gasteiger partial charge in [-0.2, -0.15) is 0 Å². The van der Waals surface area contributed by atoms with Crippen molar-refractivity contribution < 1.29 is 24.6 Å². The van der Waals surface area contributed by atoms with Crippen molar-refractivity contribution in [2.45, 2.75) is 44.6 Å². The molecule has 0 unspecified atom stereocenters. The van der Waals surface area contributed by atoms with Gasteiger partial charge in [0.2, 0.25) is 5.91 Å². The van der Waals surface area contributed by atoms with Crippen molar-refractivity contribution in [3.63, 3.8) is 0 Å². The van der Waals surface area contributed by atoms with E-state index in [2.05, 4.69) is 5.32 Å². The number of carboxylic acids is 2. The fourth-order valence-electron chi connectivity index (χ4n) is 1.74. The highest BCUT2D eigenvalue weighted by Crippen LogP contribution is 2.29. The van der Waals surface area contributed by atoms with Crippen LogP contribution in [0.15, 0.2) is 0 Å². The first-order valence-electron chi connectivity index (χ1n) is 5.73. The van der Waals surface area contributed by atoms with Gasteiger partial charge in [0.1, 0.15) is 6.04 Å². The van der Waals surface area contributed by atoms with Gasteiger partial charge in [-0.1, -0.05) is 6.42 Å². The average Bonchev–Trinajstić information content (AvgIpc) is 2.17. The fraction of sp³-hybridized carbons (Fsp3) is 0.727. The van der Waals surface area contributed by atoms with E-state index in [0.717, 1.165) is 19.3 Å². The van der Waals surface area contributed by atoms with E-state index in [0.29, 0.717) is 12.3 Å². The second-order valence-corrected chi connectivity index (χ2v) is 4.39. The molecule has 17 heavy (non-hydrogen) atoms. The van der Waals surface area contributed by atoms with E-state index < -0.39 is 18.0 Å². The zero-order valence-electron chi connectivity index (χ0n) is 9.52. The second-order valence-electron chi connectivity index (χ2n) is 4.39. The Bertz CT molecular complexity index is 311. The van der Waals surface area contributed by atoms with E-state index >= 15 is 0 Å². The first-order chi connectivity index (χ1) is 7.99. The third-order valence-electron chi connectivity index (χ3n) is 2.98. The van der Waals surface area contributed by atoms with Gasteiger partial charge in [-0.3, -0.25) is 9.59 Å². The predicted octanol–water partition coefficient (Wildman–Crippen LogP) is 0.611. The van der Waals surface area contributed by atoms with Crippen LogP contribution in [-0.2, 0) is 14.4 Å². The third kappa shape index (κ3) is 4.84. The largest absolute Gasteiger partial charge is 0.481 e. The lowest BCUT2D eigenvalue weighted by Crippen LogP contribution is -2.42. The Morgan fingerprint density at radius 3 is 2.29 bits per heavy atom. The van der Waals surface area contributed by atoms with Gasteiger partial charge in [0.25, 0.3) is 0 Å². The highest BCUT2D eigenvalue weighted by molar-refractivity contribution is 5.84. The molecule has 1 saturated carbocycles. The van der Waals surface area contributed by atoms with Crippen LogP contribution in [-0.4, -0.2) is 34.1 Å². The number of hydrogen-bond donors (Lipinski definition) is 3. The maximum Gasteiger partial charge on any atom is 0.326 e. The second kappa shape index (κ2) is 6.22. The Kier molecular flexibility index (Phi) is 4.93. The molecule has 0 heterocycles. The van der Waals surface area contributed by atoms with E-state index in [1.807, 2.05) is 0 Å². The monoisotopic (exact) mass is 243 g/mol. The summed E-state index contributed by atoms with van der Waals surface area (Å²) in [7, 11) is 0. The van der Waals surface area contributed by atoms with Crippen molar-refractivity contribution in [1.82, 2.24) is 5.32 Å². The minimum absolute atomic E-state index is 0.0823. The minimum atomic E-state index is -1.19. The lowest BCUT2D eigenvalue weighted by molar-refractivity contribution is -0.143. The summed E-state index contributed by atoms with van der Waals surface area (Å²) >= 11 is 0. The van der Waals surface area contributed by atoms with Gasteiger partial charge in [0, 0.05) is 12.8 Å². The molecule has 96 valence electrons. The number of carbonyl (C=O) groups excluding carboxylic acids is 1. The zero-order valence-corrected chi connectivity index (χ0v) is 9.52. The Morgan fingerprint density at radius 1 is 1.24 bits per heavy atom. The standard InChI is InChI=1S/C11H17NO5/c13-9(6-7-2-1-3-7)12-8(11(16)17)4-5-10(14)15/h7-8H,1-6H2,(H,12,13)(H,14,15)(H,16,17)/t8-/m0/s1. The average molecular weight is 243 g/mol. The molecule has 0 saturated heterocycles. The van der Waals surface area contributed by atoms with Crippen molar-refractivity contribution in [2.75, 3.05) is 0 Å². The summed E-state index contributed by atoms with van der Waals surface area (Å²) in [6, 6.07) is -1.10. The van der Waals surface area contributed by atoms with Crippen molar-refractivity contribution >= 4 is 17.8 Å². The lowest BCUT2D eigenvalue weighted by Gasteiger charge is -2.25. The van der Waals surface area contributed by atoms with Crippen LogP contribution in [0.2, 0.25) is 0 Å². The Balaban J connectivity index is 2.33. The van der Waals surface area contributed by atoms with Crippen molar-refractivity contribution in [3.05, 3.63) is 0 Å². The van der Waals surface area contributed by atoms with Crippen molar-refractivity contribution in [3.8, 4) is 0 Å². The van der Waals surface area contributed by atoms with Gasteiger partial charge in [-0.05, 0) is 25.2 Å². The van der Waals surface area contributed by atoms with E-state index in [9.17, 15) is 14.4 Å². The molecule has 1 aliphatic carbocycles. The smallest absolute Gasteiger partial charge is 0.326 e. The molecule has 0 spiro atoms. The zero-order chi connectivity index (χ0) is 12.8. The number of aliphatic carboxylic acids is 2. The molecule has 1 atom stereocenters. The molecule has 0 aromatic carbocycles. The summed E-state index contributed by atoms with van der Waals surface area (Å²) in [5, 5.41) is 19.7. The summed E-state index contributed by atoms with van der Waals surface area (Å²) in [5.41, 5.74) is 0. The van der Waals surface area contributed by atoms with Gasteiger partial charge in [0.05, 0.1) is 0 Å². The van der Waals surface area contributed by atoms with Gasteiger partial charge < -0.3 is 15.5 Å². The number of carbonyl (C=O) groups is 3. The van der Waals surface area contributed by atoms with Crippen LogP contribution in [0.4, 0.5) is 0 Å². The number of nitrogens with one attached hydrogen (secondary N) is 1. The van der Waals surface area contributed by atoms with Crippen LogP contribution in [0.1, 0.15) is 38.5 Å². The van der Waals surface area contributed by atoms with Crippen LogP contribution in [0.25, 0.3) is 0 Å². The highest BCUT2D eigenvalue weighted by Gasteiger charge is 2.24. The molecule has 1 aliphatic rings. The molecule has 6 heteroatoms. The molecule has 0 bridgehead atoms. The fourth-order valence-corrected chi connectivity index (χ4v) is 1.74. The van der Waals surface area contributed by atoms with Crippen LogP contribution < -0.4 is 5.32 Å². The van der Waals surface area contributed by atoms with Crippen LogP contribution in [0, 0.1) is 5.92 Å². The number of rotatable bonds is 7. The van der Waals surface area contributed by atoms with Crippen LogP contribution in [0.5, 0.6) is 0 Å². The topological polar surface area (TPSA) is 104 Å². The molecule has 3 N–H and O–H groups in total. The third-order valence-corrected chi connectivity index (χ3v) is 2.98. The molecule has 1 rings (SSSR count). The lowest BCUT2D eigenvalue weighted by atomic mass is 9.83. The maximum absolute atomic E-state index is 11.5. The van der Waals surface area contributed by atoms with Gasteiger partial charge in [-0.25, -0.2) is 4.79 Å². The molecule has 0 radical (unpaired) electrons. The summed E-state index contributed by atoms with van der Waals surface area (Å²) in [6.45, 7) is 0. The summed E-state index contributed by atoms with van der Waals surface area (Å²) in [6.07, 6.45) is 3.15. The number of amides is 1. The highest BCUT2D eigenvalue weighted by atomic mass is 16.4. The van der Waals surface area contributed by atoms with Gasteiger partial charge >= 0.3 is 11.9 Å². The predicted molar refractivity (Wildman–Crippen MR) is 58.4 cm³/mol. The number of hydrogen-bond acceptors (Lipinski definition) is 3. The molecule has 1 fully saturated rings. The van der Waals surface area contributed by atoms with Crippen molar-refractivity contribution in [2.24, 2.45) is 5.92 Å². The van der Waals surface area contributed by atoms with Crippen LogP contribution in [0.3, 0.4) is 0 Å². The molecule has 0 aromatic rings. The number of carboxylic acid groups (broad SMARTS) is 2. The first-order valence-corrected chi connectivity index (χ1v) is 5.73. The maximum atomic E-state index is 11.5. The Hall–Kier alpha value is -1.59. The Morgan fingerprint density at radius 2 is 1.88 bits per heavy atom. The molecule has 0 aliphatic heterocycles. The summed E-state index contributed by atoms with van der Waals surface area (Å²) < 4.78 is 0. The van der Waals surface area contributed by atoms with Gasteiger partial charge in [-0.15, -0.1) is 0 Å². The molecule has 1 amide bonds. The van der Waals surface area contributed by atoms with E-state index in [4.69, 9.17) is 10.2 Å². The molecule has 6 nitrogen and oxygen atoms in total. The molecule has 0 aromatic heterocycles.